The monoisotopic (exact) mass is 508 g/mol. The molecule has 5 fully saturated rings. The molecule has 5 aliphatic rings. The van der Waals surface area contributed by atoms with Gasteiger partial charge < -0.3 is 10.1 Å². The normalized spacial score (nSPS) is 31.1. The lowest BCUT2D eigenvalue weighted by Crippen LogP contribution is -2.60. The predicted molar refractivity (Wildman–Crippen MR) is 128 cm³/mol. The molecule has 186 valence electrons. The lowest BCUT2D eigenvalue weighted by atomic mass is 9.53. The van der Waals surface area contributed by atoms with Crippen LogP contribution >= 0.6 is 11.6 Å². The largest absolute Gasteiger partial charge is 0.452 e. The van der Waals surface area contributed by atoms with E-state index in [0.29, 0.717) is 30.8 Å². The lowest BCUT2D eigenvalue weighted by molar-refractivity contribution is -0.130. The summed E-state index contributed by atoms with van der Waals surface area (Å²) in [6, 6.07) is 4.10. The van der Waals surface area contributed by atoms with Crippen LogP contribution in [0.15, 0.2) is 23.1 Å². The third-order valence-corrected chi connectivity index (χ3v) is 10.5. The molecule has 1 N–H and O–H groups in total. The van der Waals surface area contributed by atoms with E-state index in [4.69, 9.17) is 16.3 Å². The van der Waals surface area contributed by atoms with Crippen LogP contribution in [0.4, 0.5) is 0 Å². The first-order chi connectivity index (χ1) is 16.2. The zero-order chi connectivity index (χ0) is 23.9. The highest BCUT2D eigenvalue weighted by Crippen LogP contribution is 2.55. The summed E-state index contributed by atoms with van der Waals surface area (Å²) in [5, 5.41) is 3.26. The molecule has 4 saturated carbocycles. The second-order valence-electron chi connectivity index (χ2n) is 10.8. The SMILES string of the molecule is O=C(COC(=O)c1ccc(Cl)c(S(=O)(=O)N2CCCCCC2)c1)NC12CC3CC(CC(C3)C1)C2. The maximum atomic E-state index is 13.2. The van der Waals surface area contributed by atoms with E-state index in [2.05, 4.69) is 5.32 Å². The Morgan fingerprint density at radius 1 is 1.00 bits per heavy atom. The van der Waals surface area contributed by atoms with E-state index in [1.807, 2.05) is 0 Å². The summed E-state index contributed by atoms with van der Waals surface area (Å²) in [5.41, 5.74) is -0.0761. The van der Waals surface area contributed by atoms with Gasteiger partial charge in [0.15, 0.2) is 6.61 Å². The van der Waals surface area contributed by atoms with Crippen LogP contribution in [0, 0.1) is 17.8 Å². The van der Waals surface area contributed by atoms with Gasteiger partial charge in [-0.3, -0.25) is 4.79 Å². The van der Waals surface area contributed by atoms with E-state index in [1.165, 1.54) is 41.8 Å². The van der Waals surface area contributed by atoms with Gasteiger partial charge >= 0.3 is 5.97 Å². The summed E-state index contributed by atoms with van der Waals surface area (Å²) >= 11 is 6.22. The molecule has 34 heavy (non-hydrogen) atoms. The van der Waals surface area contributed by atoms with Gasteiger partial charge in [0.2, 0.25) is 10.0 Å². The number of rotatable bonds is 6. The number of sulfonamides is 1. The van der Waals surface area contributed by atoms with Crippen molar-refractivity contribution in [3.05, 3.63) is 28.8 Å². The maximum Gasteiger partial charge on any atom is 0.338 e. The van der Waals surface area contributed by atoms with Crippen molar-refractivity contribution < 1.29 is 22.7 Å². The predicted octanol–water partition coefficient (Wildman–Crippen LogP) is 4.15. The summed E-state index contributed by atoms with van der Waals surface area (Å²) < 4.78 is 33.1. The van der Waals surface area contributed by atoms with Gasteiger partial charge in [0.05, 0.1) is 10.6 Å². The van der Waals surface area contributed by atoms with Gasteiger partial charge in [-0.15, -0.1) is 0 Å². The molecule has 0 atom stereocenters. The van der Waals surface area contributed by atoms with E-state index in [9.17, 15) is 18.0 Å². The van der Waals surface area contributed by atoms with Crippen molar-refractivity contribution in [3.63, 3.8) is 0 Å². The molecule has 1 aromatic carbocycles. The average Bonchev–Trinajstić information content (AvgIpc) is 3.07. The molecule has 1 amide bonds. The number of nitrogens with one attached hydrogen (secondary N) is 1. The van der Waals surface area contributed by atoms with E-state index in [-0.39, 0.29) is 33.5 Å². The van der Waals surface area contributed by atoms with Gasteiger partial charge in [-0.25, -0.2) is 13.2 Å². The minimum Gasteiger partial charge on any atom is -0.452 e. The second kappa shape index (κ2) is 9.43. The van der Waals surface area contributed by atoms with Crippen LogP contribution in [0.2, 0.25) is 5.02 Å². The van der Waals surface area contributed by atoms with Crippen LogP contribution < -0.4 is 5.32 Å². The topological polar surface area (TPSA) is 92.8 Å². The van der Waals surface area contributed by atoms with Crippen molar-refractivity contribution in [1.29, 1.82) is 0 Å². The molecule has 4 bridgehead atoms. The van der Waals surface area contributed by atoms with Crippen LogP contribution in [0.1, 0.15) is 74.6 Å². The van der Waals surface area contributed by atoms with Crippen LogP contribution in [0.5, 0.6) is 0 Å². The number of carbonyl (C=O) groups is 2. The third kappa shape index (κ3) is 4.86. The fraction of sp³-hybridized carbons (Fsp3) is 0.680. The minimum atomic E-state index is -3.82. The smallest absolute Gasteiger partial charge is 0.338 e. The third-order valence-electron chi connectivity index (χ3n) is 8.13. The Bertz CT molecular complexity index is 1030. The summed E-state index contributed by atoms with van der Waals surface area (Å²) in [4.78, 5) is 25.3. The summed E-state index contributed by atoms with van der Waals surface area (Å²) in [5.74, 6) is 1.08. The Kier molecular flexibility index (Phi) is 6.68. The molecule has 0 radical (unpaired) electrons. The molecule has 0 aromatic heterocycles. The maximum absolute atomic E-state index is 13.2. The fourth-order valence-corrected chi connectivity index (χ4v) is 9.08. The Hall–Kier alpha value is -1.64. The first-order valence-corrected chi connectivity index (χ1v) is 14.3. The van der Waals surface area contributed by atoms with E-state index < -0.39 is 16.0 Å². The van der Waals surface area contributed by atoms with Crippen molar-refractivity contribution in [2.75, 3.05) is 19.7 Å². The highest BCUT2D eigenvalue weighted by Gasteiger charge is 2.51. The molecule has 0 unspecified atom stereocenters. The molecule has 1 aromatic rings. The van der Waals surface area contributed by atoms with Crippen molar-refractivity contribution in [3.8, 4) is 0 Å². The number of hydrogen-bond donors (Lipinski definition) is 1. The van der Waals surface area contributed by atoms with Crippen molar-refractivity contribution in [2.45, 2.75) is 74.6 Å². The fourth-order valence-electron chi connectivity index (χ4n) is 7.06. The number of esters is 1. The first-order valence-electron chi connectivity index (χ1n) is 12.5. The molecule has 7 nitrogen and oxygen atoms in total. The Morgan fingerprint density at radius 3 is 2.18 bits per heavy atom. The van der Waals surface area contributed by atoms with Gasteiger partial charge in [0.1, 0.15) is 4.90 Å². The van der Waals surface area contributed by atoms with Crippen LogP contribution in [-0.2, 0) is 19.6 Å². The van der Waals surface area contributed by atoms with Gasteiger partial charge in [0, 0.05) is 18.6 Å². The second-order valence-corrected chi connectivity index (χ2v) is 13.1. The summed E-state index contributed by atoms with van der Waals surface area (Å²) in [7, 11) is -3.82. The molecular formula is C25H33ClN2O5S. The molecule has 6 rings (SSSR count). The highest BCUT2D eigenvalue weighted by atomic mass is 35.5. The molecular weight excluding hydrogens is 476 g/mol. The van der Waals surface area contributed by atoms with Crippen LogP contribution in [0.25, 0.3) is 0 Å². The Labute approximate surface area is 206 Å². The molecule has 1 saturated heterocycles. The van der Waals surface area contributed by atoms with Gasteiger partial charge in [-0.2, -0.15) is 4.31 Å². The number of amides is 1. The molecule has 9 heteroatoms. The Morgan fingerprint density at radius 2 is 1.59 bits per heavy atom. The van der Waals surface area contributed by atoms with Gasteiger partial charge in [-0.05, 0) is 87.3 Å². The van der Waals surface area contributed by atoms with Crippen LogP contribution in [-0.4, -0.2) is 49.8 Å². The highest BCUT2D eigenvalue weighted by molar-refractivity contribution is 7.89. The molecule has 0 spiro atoms. The minimum absolute atomic E-state index is 0.0698. The zero-order valence-corrected chi connectivity index (χ0v) is 21.0. The number of carbonyl (C=O) groups excluding carboxylic acids is 2. The average molecular weight is 509 g/mol. The van der Waals surface area contributed by atoms with Gasteiger partial charge in [0.25, 0.3) is 5.91 Å². The first kappa shape index (κ1) is 24.1. The Balaban J connectivity index is 1.22. The molecule has 1 aliphatic heterocycles. The number of ether oxygens (including phenoxy) is 1. The number of nitrogens with zero attached hydrogens (tertiary/aromatic N) is 1. The summed E-state index contributed by atoms with van der Waals surface area (Å²) in [6.07, 6.45) is 10.5. The van der Waals surface area contributed by atoms with Crippen molar-refractivity contribution in [2.24, 2.45) is 17.8 Å². The van der Waals surface area contributed by atoms with Crippen molar-refractivity contribution >= 4 is 33.5 Å². The number of benzene rings is 1. The lowest BCUT2D eigenvalue weighted by Gasteiger charge is -2.56. The van der Waals surface area contributed by atoms with E-state index in [1.54, 1.807) is 0 Å². The van der Waals surface area contributed by atoms with E-state index in [0.717, 1.165) is 44.9 Å². The van der Waals surface area contributed by atoms with Gasteiger partial charge in [-0.1, -0.05) is 24.4 Å². The number of hydrogen-bond acceptors (Lipinski definition) is 5. The summed E-state index contributed by atoms with van der Waals surface area (Å²) in [6.45, 7) is 0.507. The number of halogens is 1. The van der Waals surface area contributed by atoms with Crippen molar-refractivity contribution in [1.82, 2.24) is 9.62 Å². The quantitative estimate of drug-likeness (QED) is 0.583. The zero-order valence-electron chi connectivity index (χ0n) is 19.4. The standard InChI is InChI=1S/C25H33ClN2O5S/c26-21-6-5-20(12-22(21)34(31,32)28-7-3-1-2-4-8-28)24(30)33-16-23(29)27-25-13-17-9-18(14-25)11-19(10-17)15-25/h5-6,12,17-19H,1-4,7-11,13-16H2,(H,27,29). The molecule has 1 heterocycles. The molecule has 4 aliphatic carbocycles. The van der Waals surface area contributed by atoms with Crippen LogP contribution in [0.3, 0.4) is 0 Å². The van der Waals surface area contributed by atoms with E-state index >= 15 is 0 Å².